The van der Waals surface area contributed by atoms with Gasteiger partial charge in [0.2, 0.25) is 0 Å². The average molecular weight is 262 g/mol. The molecule has 1 aliphatic heterocycles. The maximum Gasteiger partial charge on any atom is 0.279 e. The van der Waals surface area contributed by atoms with Crippen LogP contribution in [0.25, 0.3) is 0 Å². The summed E-state index contributed by atoms with van der Waals surface area (Å²) in [6.07, 6.45) is 4.69. The fraction of sp³-hybridized carbons (Fsp3) is 1.00. The van der Waals surface area contributed by atoms with Crippen molar-refractivity contribution in [3.63, 3.8) is 0 Å². The topological polar surface area (TPSA) is 69.6 Å². The molecule has 0 bridgehead atoms. The van der Waals surface area contributed by atoms with E-state index in [9.17, 15) is 8.42 Å². The van der Waals surface area contributed by atoms with Crippen molar-refractivity contribution in [2.24, 2.45) is 5.92 Å². The zero-order chi connectivity index (χ0) is 12.5. The third-order valence-electron chi connectivity index (χ3n) is 3.91. The molecular weight excluding hydrogens is 240 g/mol. The second-order valence-electron chi connectivity index (χ2n) is 5.57. The van der Waals surface area contributed by atoms with Crippen LogP contribution in [0.3, 0.4) is 0 Å². The highest BCUT2D eigenvalue weighted by Gasteiger charge is 2.38. The average Bonchev–Trinajstić information content (AvgIpc) is 2.26. The molecule has 6 heteroatoms. The van der Waals surface area contributed by atoms with E-state index in [-0.39, 0.29) is 18.1 Å². The van der Waals surface area contributed by atoms with Crippen LogP contribution < -0.4 is 4.72 Å². The summed E-state index contributed by atoms with van der Waals surface area (Å²) in [6, 6.07) is 0. The van der Waals surface area contributed by atoms with Crippen LogP contribution in [0, 0.1) is 5.92 Å². The molecule has 2 rings (SSSR count). The summed E-state index contributed by atoms with van der Waals surface area (Å²) in [4.78, 5) is 0. The minimum Gasteiger partial charge on any atom is -0.396 e. The number of aliphatic hydroxyl groups is 1. The maximum atomic E-state index is 12.2. The first kappa shape index (κ1) is 13.3. The first-order chi connectivity index (χ1) is 7.95. The first-order valence-corrected chi connectivity index (χ1v) is 7.79. The van der Waals surface area contributed by atoms with E-state index in [0.29, 0.717) is 13.1 Å². The molecule has 0 aromatic rings. The molecule has 1 aliphatic carbocycles. The Morgan fingerprint density at radius 1 is 1.41 bits per heavy atom. The third kappa shape index (κ3) is 2.99. The van der Waals surface area contributed by atoms with Crippen LogP contribution in [0.15, 0.2) is 0 Å². The molecule has 2 fully saturated rings. The number of piperidine rings is 1. The molecule has 100 valence electrons. The van der Waals surface area contributed by atoms with Crippen molar-refractivity contribution in [1.29, 1.82) is 0 Å². The van der Waals surface area contributed by atoms with Gasteiger partial charge in [-0.25, -0.2) is 0 Å². The molecule has 2 aliphatic rings. The van der Waals surface area contributed by atoms with Gasteiger partial charge in [-0.05, 0) is 44.9 Å². The summed E-state index contributed by atoms with van der Waals surface area (Å²) >= 11 is 0. The molecule has 17 heavy (non-hydrogen) atoms. The van der Waals surface area contributed by atoms with Crippen molar-refractivity contribution in [3.8, 4) is 0 Å². The molecule has 5 nitrogen and oxygen atoms in total. The number of nitrogens with zero attached hydrogens (tertiary/aromatic N) is 1. The molecule has 0 amide bonds. The van der Waals surface area contributed by atoms with Crippen LogP contribution >= 0.6 is 0 Å². The van der Waals surface area contributed by atoms with Crippen LogP contribution in [0.4, 0.5) is 0 Å². The SMILES string of the molecule is CC1(NS(=O)(=O)N2CCCC(CO)C2)CCC1. The van der Waals surface area contributed by atoms with Gasteiger partial charge in [0.25, 0.3) is 10.2 Å². The monoisotopic (exact) mass is 262 g/mol. The van der Waals surface area contributed by atoms with E-state index in [4.69, 9.17) is 5.11 Å². The fourth-order valence-corrected chi connectivity index (χ4v) is 4.31. The molecule has 1 heterocycles. The van der Waals surface area contributed by atoms with E-state index in [1.54, 1.807) is 0 Å². The molecule has 1 saturated heterocycles. The lowest BCUT2D eigenvalue weighted by Crippen LogP contribution is -2.56. The third-order valence-corrected chi connectivity index (χ3v) is 5.67. The number of hydrogen-bond donors (Lipinski definition) is 2. The Balaban J connectivity index is 1.99. The summed E-state index contributed by atoms with van der Waals surface area (Å²) in [7, 11) is -3.37. The molecule has 0 radical (unpaired) electrons. The smallest absolute Gasteiger partial charge is 0.279 e. The van der Waals surface area contributed by atoms with Crippen LogP contribution in [0.2, 0.25) is 0 Å². The van der Waals surface area contributed by atoms with Crippen LogP contribution in [0.5, 0.6) is 0 Å². The lowest BCUT2D eigenvalue weighted by Gasteiger charge is -2.41. The van der Waals surface area contributed by atoms with Gasteiger partial charge in [-0.3, -0.25) is 0 Å². The molecule has 1 atom stereocenters. The van der Waals surface area contributed by atoms with Crippen molar-refractivity contribution in [2.75, 3.05) is 19.7 Å². The highest BCUT2D eigenvalue weighted by atomic mass is 32.2. The summed E-state index contributed by atoms with van der Waals surface area (Å²) < 4.78 is 28.7. The van der Waals surface area contributed by atoms with Crippen molar-refractivity contribution < 1.29 is 13.5 Å². The molecule has 2 N–H and O–H groups in total. The van der Waals surface area contributed by atoms with Crippen molar-refractivity contribution >= 4 is 10.2 Å². The Bertz CT molecular complexity index is 365. The molecular formula is C11H22N2O3S. The number of rotatable bonds is 4. The standard InChI is InChI=1S/C11H22N2O3S/c1-11(5-3-6-11)12-17(15,16)13-7-2-4-10(8-13)9-14/h10,12,14H,2-9H2,1H3. The van der Waals surface area contributed by atoms with E-state index >= 15 is 0 Å². The van der Waals surface area contributed by atoms with E-state index in [2.05, 4.69) is 4.72 Å². The summed E-state index contributed by atoms with van der Waals surface area (Å²) in [6.45, 7) is 3.05. The summed E-state index contributed by atoms with van der Waals surface area (Å²) in [5.74, 6) is 0.0921. The molecule has 1 unspecified atom stereocenters. The zero-order valence-corrected chi connectivity index (χ0v) is 11.2. The van der Waals surface area contributed by atoms with Gasteiger partial charge in [0.05, 0.1) is 0 Å². The Morgan fingerprint density at radius 2 is 2.12 bits per heavy atom. The van der Waals surface area contributed by atoms with Crippen LogP contribution in [-0.4, -0.2) is 43.1 Å². The van der Waals surface area contributed by atoms with Gasteiger partial charge in [0.1, 0.15) is 0 Å². The predicted octanol–water partition coefficient (Wildman–Crippen LogP) is 0.468. The molecule has 1 saturated carbocycles. The Kier molecular flexibility index (Phi) is 3.77. The minimum atomic E-state index is -3.37. The highest BCUT2D eigenvalue weighted by molar-refractivity contribution is 7.87. The van der Waals surface area contributed by atoms with Crippen molar-refractivity contribution in [1.82, 2.24) is 9.03 Å². The van der Waals surface area contributed by atoms with Gasteiger partial charge in [0.15, 0.2) is 0 Å². The van der Waals surface area contributed by atoms with Crippen LogP contribution in [0.1, 0.15) is 39.0 Å². The number of nitrogens with one attached hydrogen (secondary N) is 1. The Labute approximate surface area is 103 Å². The first-order valence-electron chi connectivity index (χ1n) is 6.35. The lowest BCUT2D eigenvalue weighted by atomic mass is 9.80. The van der Waals surface area contributed by atoms with Crippen LogP contribution in [-0.2, 0) is 10.2 Å². The zero-order valence-electron chi connectivity index (χ0n) is 10.4. The predicted molar refractivity (Wildman–Crippen MR) is 65.7 cm³/mol. The van der Waals surface area contributed by atoms with Gasteiger partial charge in [0, 0.05) is 25.2 Å². The summed E-state index contributed by atoms with van der Waals surface area (Å²) in [5.41, 5.74) is -0.245. The van der Waals surface area contributed by atoms with Gasteiger partial charge in [-0.1, -0.05) is 0 Å². The lowest BCUT2D eigenvalue weighted by molar-refractivity contribution is 0.161. The number of aliphatic hydroxyl groups excluding tert-OH is 1. The van der Waals surface area contributed by atoms with Gasteiger partial charge in [-0.15, -0.1) is 0 Å². The molecule has 0 aromatic heterocycles. The molecule has 0 aromatic carbocycles. The van der Waals surface area contributed by atoms with Gasteiger partial charge in [-0.2, -0.15) is 17.4 Å². The van der Waals surface area contributed by atoms with Crippen molar-refractivity contribution in [3.05, 3.63) is 0 Å². The Morgan fingerprint density at radius 3 is 2.65 bits per heavy atom. The van der Waals surface area contributed by atoms with E-state index in [0.717, 1.165) is 32.1 Å². The maximum absolute atomic E-state index is 12.2. The minimum absolute atomic E-state index is 0.0727. The number of hydrogen-bond acceptors (Lipinski definition) is 3. The molecule has 0 spiro atoms. The Hall–Kier alpha value is -0.170. The largest absolute Gasteiger partial charge is 0.396 e. The summed E-state index contributed by atoms with van der Waals surface area (Å²) in [5, 5.41) is 9.12. The fourth-order valence-electron chi connectivity index (χ4n) is 2.58. The van der Waals surface area contributed by atoms with Gasteiger partial charge < -0.3 is 5.11 Å². The highest BCUT2D eigenvalue weighted by Crippen LogP contribution is 2.32. The second-order valence-corrected chi connectivity index (χ2v) is 7.24. The van der Waals surface area contributed by atoms with E-state index in [1.165, 1.54) is 4.31 Å². The van der Waals surface area contributed by atoms with Gasteiger partial charge >= 0.3 is 0 Å². The van der Waals surface area contributed by atoms with Crippen molar-refractivity contribution in [2.45, 2.75) is 44.6 Å². The van der Waals surface area contributed by atoms with E-state index < -0.39 is 10.2 Å². The second kappa shape index (κ2) is 4.84. The quantitative estimate of drug-likeness (QED) is 0.773. The normalized spacial score (nSPS) is 29.9. The van der Waals surface area contributed by atoms with E-state index in [1.807, 2.05) is 6.92 Å².